The minimum atomic E-state index is 0.0130. The molecule has 108 valence electrons. The van der Waals surface area contributed by atoms with E-state index in [1.165, 1.54) is 6.42 Å². The maximum Gasteiger partial charge on any atom is 0.169 e. The fraction of sp³-hybridized carbons (Fsp3) is 0.588. The second-order valence-corrected chi connectivity index (χ2v) is 5.87. The molecule has 1 saturated carbocycles. The van der Waals surface area contributed by atoms with E-state index in [4.69, 9.17) is 9.47 Å². The van der Waals surface area contributed by atoms with Crippen LogP contribution in [0.15, 0.2) is 24.3 Å². The number of hydrogen-bond acceptors (Lipinski definition) is 3. The molecule has 0 aromatic heterocycles. The second-order valence-electron chi connectivity index (χ2n) is 5.87. The summed E-state index contributed by atoms with van der Waals surface area (Å²) in [6, 6.07) is 7.60. The van der Waals surface area contributed by atoms with Crippen LogP contribution in [0.5, 0.6) is 5.75 Å². The van der Waals surface area contributed by atoms with Crippen molar-refractivity contribution in [1.29, 1.82) is 0 Å². The molecule has 1 atom stereocenters. The van der Waals surface area contributed by atoms with E-state index < -0.39 is 0 Å². The van der Waals surface area contributed by atoms with Gasteiger partial charge in [0.05, 0.1) is 17.8 Å². The van der Waals surface area contributed by atoms with Gasteiger partial charge in [0.25, 0.3) is 0 Å². The van der Waals surface area contributed by atoms with Crippen molar-refractivity contribution in [2.45, 2.75) is 44.6 Å². The molecule has 2 aliphatic rings. The minimum Gasteiger partial charge on any atom is -0.493 e. The first-order valence-corrected chi connectivity index (χ1v) is 7.64. The number of ether oxygens (including phenoxy) is 2. The van der Waals surface area contributed by atoms with Gasteiger partial charge in [0.15, 0.2) is 5.78 Å². The molecule has 1 aliphatic heterocycles. The van der Waals surface area contributed by atoms with Crippen LogP contribution in [0.25, 0.3) is 0 Å². The highest BCUT2D eigenvalue weighted by Gasteiger charge is 2.44. The zero-order valence-corrected chi connectivity index (χ0v) is 12.1. The molecule has 3 rings (SSSR count). The van der Waals surface area contributed by atoms with Gasteiger partial charge in [-0.15, -0.1) is 0 Å². The van der Waals surface area contributed by atoms with Crippen molar-refractivity contribution in [3.63, 3.8) is 0 Å². The number of carbonyl (C=O) groups is 1. The van der Waals surface area contributed by atoms with Crippen molar-refractivity contribution in [3.8, 4) is 5.75 Å². The zero-order chi connectivity index (χ0) is 14.0. The van der Waals surface area contributed by atoms with E-state index in [1.807, 2.05) is 31.2 Å². The summed E-state index contributed by atoms with van der Waals surface area (Å²) < 4.78 is 11.5. The molecule has 0 amide bonds. The molecule has 3 nitrogen and oxygen atoms in total. The third kappa shape index (κ3) is 2.47. The van der Waals surface area contributed by atoms with Gasteiger partial charge >= 0.3 is 0 Å². The maximum absolute atomic E-state index is 12.8. The Hall–Kier alpha value is -1.35. The molecule has 1 saturated heterocycles. The van der Waals surface area contributed by atoms with Crippen LogP contribution in [-0.2, 0) is 4.74 Å². The van der Waals surface area contributed by atoms with Crippen molar-refractivity contribution >= 4 is 5.78 Å². The van der Waals surface area contributed by atoms with Crippen LogP contribution >= 0.6 is 0 Å². The Bertz CT molecular complexity index is 491. The Labute approximate surface area is 120 Å². The third-order valence-electron chi connectivity index (χ3n) is 4.58. The van der Waals surface area contributed by atoms with Crippen molar-refractivity contribution in [3.05, 3.63) is 29.8 Å². The van der Waals surface area contributed by atoms with Gasteiger partial charge in [-0.25, -0.2) is 0 Å². The second kappa shape index (κ2) is 5.57. The van der Waals surface area contributed by atoms with Crippen LogP contribution in [0.2, 0.25) is 0 Å². The highest BCUT2D eigenvalue weighted by atomic mass is 16.5. The van der Waals surface area contributed by atoms with E-state index in [2.05, 4.69) is 0 Å². The predicted octanol–water partition coefficient (Wildman–Crippen LogP) is 3.62. The Kier molecular flexibility index (Phi) is 3.79. The molecular formula is C17H22O3. The summed E-state index contributed by atoms with van der Waals surface area (Å²) in [6.07, 6.45) is 5.18. The van der Waals surface area contributed by atoms with Crippen LogP contribution in [0, 0.1) is 5.92 Å². The first-order valence-electron chi connectivity index (χ1n) is 7.64. The average molecular weight is 274 g/mol. The molecule has 1 heterocycles. The number of carbonyl (C=O) groups excluding carboxylic acids is 1. The first kappa shape index (κ1) is 13.6. The fourth-order valence-corrected chi connectivity index (χ4v) is 3.34. The quantitative estimate of drug-likeness (QED) is 0.787. The van der Waals surface area contributed by atoms with Crippen LogP contribution in [0.1, 0.15) is 49.4 Å². The van der Waals surface area contributed by atoms with Crippen molar-refractivity contribution in [2.24, 2.45) is 5.92 Å². The Morgan fingerprint density at radius 1 is 1.40 bits per heavy atom. The molecule has 1 aliphatic carbocycles. The number of para-hydroxylation sites is 1. The molecule has 0 radical (unpaired) electrons. The van der Waals surface area contributed by atoms with Crippen LogP contribution in [0.3, 0.4) is 0 Å². The lowest BCUT2D eigenvalue weighted by molar-refractivity contribution is -0.137. The summed E-state index contributed by atoms with van der Waals surface area (Å²) in [4.78, 5) is 12.8. The van der Waals surface area contributed by atoms with Gasteiger partial charge in [-0.2, -0.15) is 0 Å². The van der Waals surface area contributed by atoms with E-state index in [0.29, 0.717) is 19.0 Å². The monoisotopic (exact) mass is 274 g/mol. The van der Waals surface area contributed by atoms with Gasteiger partial charge in [0.2, 0.25) is 0 Å². The lowest BCUT2D eigenvalue weighted by Crippen LogP contribution is -2.47. The lowest BCUT2D eigenvalue weighted by Gasteiger charge is -2.46. The van der Waals surface area contributed by atoms with Gasteiger partial charge in [0, 0.05) is 12.5 Å². The van der Waals surface area contributed by atoms with Crippen molar-refractivity contribution in [2.75, 3.05) is 13.2 Å². The fourth-order valence-electron chi connectivity index (χ4n) is 3.34. The third-order valence-corrected chi connectivity index (χ3v) is 4.58. The molecule has 2 fully saturated rings. The molecule has 0 N–H and O–H groups in total. The van der Waals surface area contributed by atoms with Crippen molar-refractivity contribution < 1.29 is 14.3 Å². The predicted molar refractivity (Wildman–Crippen MR) is 77.2 cm³/mol. The van der Waals surface area contributed by atoms with Crippen molar-refractivity contribution in [1.82, 2.24) is 0 Å². The zero-order valence-electron chi connectivity index (χ0n) is 12.1. The maximum atomic E-state index is 12.8. The molecule has 1 aromatic carbocycles. The Balaban J connectivity index is 1.78. The van der Waals surface area contributed by atoms with E-state index in [9.17, 15) is 4.79 Å². The molecule has 1 unspecified atom stereocenters. The van der Waals surface area contributed by atoms with Gasteiger partial charge < -0.3 is 9.47 Å². The number of Topliss-reactive ketones (excluding diaryl/α,β-unsaturated/α-hetero) is 1. The van der Waals surface area contributed by atoms with Crippen LogP contribution < -0.4 is 4.74 Å². The highest BCUT2D eigenvalue weighted by molar-refractivity contribution is 6.00. The normalized spacial score (nSPS) is 24.1. The summed E-state index contributed by atoms with van der Waals surface area (Å²) in [5.41, 5.74) is 0.745. The largest absolute Gasteiger partial charge is 0.493 e. The number of ketones is 1. The number of hydrogen-bond donors (Lipinski definition) is 0. The van der Waals surface area contributed by atoms with Crippen LogP contribution in [-0.4, -0.2) is 24.6 Å². The van der Waals surface area contributed by atoms with E-state index in [-0.39, 0.29) is 17.3 Å². The summed E-state index contributed by atoms with van der Waals surface area (Å²) >= 11 is 0. The van der Waals surface area contributed by atoms with Gasteiger partial charge in [0.1, 0.15) is 5.75 Å². The SMILES string of the molecule is CCOc1ccccc1C(=O)C1CCOC2(CCC2)C1. The molecule has 0 bridgehead atoms. The first-order chi connectivity index (χ1) is 9.74. The number of benzene rings is 1. The topological polar surface area (TPSA) is 35.5 Å². The minimum absolute atomic E-state index is 0.0130. The molecule has 1 spiro atoms. The smallest absolute Gasteiger partial charge is 0.169 e. The van der Waals surface area contributed by atoms with Crippen LogP contribution in [0.4, 0.5) is 0 Å². The standard InChI is InChI=1S/C17H22O3/c1-2-19-15-7-4-3-6-14(15)16(18)13-8-11-20-17(12-13)9-5-10-17/h3-4,6-7,13H,2,5,8-12H2,1H3. The molecule has 1 aromatic rings. The Morgan fingerprint density at radius 2 is 2.20 bits per heavy atom. The average Bonchev–Trinajstić information content (AvgIpc) is 2.46. The van der Waals surface area contributed by atoms with E-state index >= 15 is 0 Å². The molecular weight excluding hydrogens is 252 g/mol. The van der Waals surface area contributed by atoms with E-state index in [0.717, 1.165) is 31.2 Å². The summed E-state index contributed by atoms with van der Waals surface area (Å²) in [5.74, 6) is 1.03. The molecule has 3 heteroatoms. The van der Waals surface area contributed by atoms with E-state index in [1.54, 1.807) is 0 Å². The van der Waals surface area contributed by atoms with Gasteiger partial charge in [-0.3, -0.25) is 4.79 Å². The number of rotatable bonds is 4. The van der Waals surface area contributed by atoms with Gasteiger partial charge in [-0.05, 0) is 51.2 Å². The highest BCUT2D eigenvalue weighted by Crippen LogP contribution is 2.45. The van der Waals surface area contributed by atoms with Gasteiger partial charge in [-0.1, -0.05) is 12.1 Å². The Morgan fingerprint density at radius 3 is 2.90 bits per heavy atom. The molecule has 20 heavy (non-hydrogen) atoms. The summed E-state index contributed by atoms with van der Waals surface area (Å²) in [5, 5.41) is 0. The summed E-state index contributed by atoms with van der Waals surface area (Å²) in [7, 11) is 0. The lowest BCUT2D eigenvalue weighted by atomic mass is 9.70. The summed E-state index contributed by atoms with van der Waals surface area (Å²) in [6.45, 7) is 3.24.